The van der Waals surface area contributed by atoms with Crippen LogP contribution in [0.1, 0.15) is 40.5 Å². The predicted octanol–water partition coefficient (Wildman–Crippen LogP) is 6.06. The zero-order valence-electron chi connectivity index (χ0n) is 16.5. The lowest BCUT2D eigenvalue weighted by molar-refractivity contribution is 0.0699. The number of carbonyl (C=O) groups excluding carboxylic acids is 1. The van der Waals surface area contributed by atoms with Gasteiger partial charge in [0.1, 0.15) is 17.1 Å². The summed E-state index contributed by atoms with van der Waals surface area (Å²) in [5.74, 6) is -2.16. The van der Waals surface area contributed by atoms with Gasteiger partial charge in [0, 0.05) is 10.4 Å². The number of benzene rings is 2. The fourth-order valence-electron chi connectivity index (χ4n) is 2.79. The van der Waals surface area contributed by atoms with Crippen molar-refractivity contribution in [3.63, 3.8) is 0 Å². The van der Waals surface area contributed by atoms with Gasteiger partial charge in [-0.1, -0.05) is 43.6 Å². The van der Waals surface area contributed by atoms with Gasteiger partial charge in [0.2, 0.25) is 0 Å². The van der Waals surface area contributed by atoms with E-state index in [0.717, 1.165) is 0 Å². The number of para-hydroxylation sites is 1. The maximum Gasteiger partial charge on any atom is 0.339 e. The van der Waals surface area contributed by atoms with Gasteiger partial charge in [-0.25, -0.2) is 9.78 Å². The number of anilines is 1. The molecule has 0 spiro atoms. The standard InChI is InChI=1S/C20H10ClN3O4S.C2H6/c21-12-6-4-10(5-7-12)17-15(20(26)27)14(9-29-17)23-18(25)19-24-13-3-1-2-11(8-22)16(13)28-19;1-2/h1-7,9H,(H,23,25)(H,26,27);1-2H3. The Bertz CT molecular complexity index is 1300. The molecule has 0 unspecified atom stereocenters. The number of carboxylic acids is 1. The summed E-state index contributed by atoms with van der Waals surface area (Å²) >= 11 is 7.07. The molecule has 2 heterocycles. The van der Waals surface area contributed by atoms with Crippen LogP contribution in [-0.2, 0) is 0 Å². The third-order valence-corrected chi connectivity index (χ3v) is 5.37. The molecule has 0 radical (unpaired) electrons. The van der Waals surface area contributed by atoms with E-state index < -0.39 is 11.9 Å². The van der Waals surface area contributed by atoms with E-state index >= 15 is 0 Å². The first kappa shape index (κ1) is 22.0. The Hall–Kier alpha value is -3.67. The number of aromatic carboxylic acids is 1. The van der Waals surface area contributed by atoms with Crippen molar-refractivity contribution in [2.75, 3.05) is 5.32 Å². The van der Waals surface area contributed by atoms with E-state index in [0.29, 0.717) is 21.0 Å². The number of hydrogen-bond acceptors (Lipinski definition) is 6. The Balaban J connectivity index is 0.00000132. The number of aromatic nitrogens is 1. The summed E-state index contributed by atoms with van der Waals surface area (Å²) < 4.78 is 5.42. The van der Waals surface area contributed by atoms with Crippen LogP contribution in [0.4, 0.5) is 5.69 Å². The van der Waals surface area contributed by atoms with Gasteiger partial charge in [-0.2, -0.15) is 5.26 Å². The van der Waals surface area contributed by atoms with Gasteiger partial charge in [0.05, 0.1) is 16.1 Å². The molecule has 7 nitrogen and oxygen atoms in total. The predicted molar refractivity (Wildman–Crippen MR) is 120 cm³/mol. The largest absolute Gasteiger partial charge is 0.478 e. The molecule has 0 aliphatic rings. The minimum atomic E-state index is -1.18. The zero-order valence-corrected chi connectivity index (χ0v) is 18.0. The molecule has 0 saturated heterocycles. The number of carboxylic acid groups (broad SMARTS) is 1. The zero-order chi connectivity index (χ0) is 22.5. The molecule has 0 saturated carbocycles. The molecule has 4 rings (SSSR count). The minimum Gasteiger partial charge on any atom is -0.478 e. The third kappa shape index (κ3) is 4.43. The first-order valence-corrected chi connectivity index (χ1v) is 10.5. The number of nitrogens with one attached hydrogen (secondary N) is 1. The number of nitriles is 1. The van der Waals surface area contributed by atoms with E-state index in [1.807, 2.05) is 19.9 Å². The molecule has 156 valence electrons. The summed E-state index contributed by atoms with van der Waals surface area (Å²) in [6.45, 7) is 4.00. The number of thiophene rings is 1. The van der Waals surface area contributed by atoms with Crippen LogP contribution in [0.3, 0.4) is 0 Å². The molecule has 0 aliphatic heterocycles. The van der Waals surface area contributed by atoms with Crippen LogP contribution in [0.25, 0.3) is 21.5 Å². The van der Waals surface area contributed by atoms with Crippen molar-refractivity contribution in [3.8, 4) is 16.5 Å². The van der Waals surface area contributed by atoms with Gasteiger partial charge >= 0.3 is 11.9 Å². The summed E-state index contributed by atoms with van der Waals surface area (Å²) in [7, 11) is 0. The average Bonchev–Trinajstić information content (AvgIpc) is 3.40. The summed E-state index contributed by atoms with van der Waals surface area (Å²) in [5, 5.41) is 23.4. The van der Waals surface area contributed by atoms with E-state index in [-0.39, 0.29) is 28.3 Å². The molecule has 0 atom stereocenters. The quantitative estimate of drug-likeness (QED) is 0.388. The van der Waals surface area contributed by atoms with Crippen LogP contribution in [0, 0.1) is 11.3 Å². The van der Waals surface area contributed by atoms with Crippen LogP contribution in [0.2, 0.25) is 5.02 Å². The summed E-state index contributed by atoms with van der Waals surface area (Å²) in [6.07, 6.45) is 0. The average molecular weight is 454 g/mol. The summed E-state index contributed by atoms with van der Waals surface area (Å²) in [5.41, 5.74) is 1.56. The lowest BCUT2D eigenvalue weighted by Crippen LogP contribution is -2.14. The highest BCUT2D eigenvalue weighted by atomic mass is 35.5. The van der Waals surface area contributed by atoms with Crippen LogP contribution in [0.5, 0.6) is 0 Å². The minimum absolute atomic E-state index is 0.0421. The van der Waals surface area contributed by atoms with Crippen molar-refractivity contribution < 1.29 is 19.1 Å². The van der Waals surface area contributed by atoms with Gasteiger partial charge in [0.25, 0.3) is 5.89 Å². The molecule has 0 bridgehead atoms. The number of oxazole rings is 1. The highest BCUT2D eigenvalue weighted by Gasteiger charge is 2.23. The molecule has 1 amide bonds. The maximum absolute atomic E-state index is 12.6. The molecular formula is C22H16ClN3O4S. The number of nitrogens with zero attached hydrogens (tertiary/aromatic N) is 2. The molecule has 2 aromatic carbocycles. The molecule has 31 heavy (non-hydrogen) atoms. The van der Waals surface area contributed by atoms with Crippen molar-refractivity contribution in [1.29, 1.82) is 5.26 Å². The van der Waals surface area contributed by atoms with Gasteiger partial charge < -0.3 is 14.8 Å². The number of rotatable bonds is 4. The van der Waals surface area contributed by atoms with E-state index in [4.69, 9.17) is 21.3 Å². The van der Waals surface area contributed by atoms with Crippen LogP contribution < -0.4 is 5.32 Å². The number of halogens is 1. The number of hydrogen-bond donors (Lipinski definition) is 2. The lowest BCUT2D eigenvalue weighted by atomic mass is 10.1. The second-order valence-electron chi connectivity index (χ2n) is 5.90. The summed E-state index contributed by atoms with van der Waals surface area (Å²) in [6, 6.07) is 13.5. The molecular weight excluding hydrogens is 438 g/mol. The van der Waals surface area contributed by atoms with Crippen molar-refractivity contribution >= 4 is 51.6 Å². The van der Waals surface area contributed by atoms with Crippen molar-refractivity contribution in [1.82, 2.24) is 4.98 Å². The van der Waals surface area contributed by atoms with Crippen molar-refractivity contribution in [2.45, 2.75) is 13.8 Å². The Morgan fingerprint density at radius 2 is 1.90 bits per heavy atom. The number of fused-ring (bicyclic) bond motifs is 1. The first-order valence-electron chi connectivity index (χ1n) is 9.19. The molecule has 9 heteroatoms. The topological polar surface area (TPSA) is 116 Å². The van der Waals surface area contributed by atoms with Gasteiger partial charge in [0.15, 0.2) is 5.58 Å². The van der Waals surface area contributed by atoms with Gasteiger partial charge in [-0.3, -0.25) is 4.79 Å². The van der Waals surface area contributed by atoms with E-state index in [1.54, 1.807) is 42.5 Å². The lowest BCUT2D eigenvalue weighted by Gasteiger charge is -2.04. The second kappa shape index (κ2) is 9.43. The highest BCUT2D eigenvalue weighted by molar-refractivity contribution is 7.14. The van der Waals surface area contributed by atoms with Crippen LogP contribution in [0.15, 0.2) is 52.3 Å². The Kier molecular flexibility index (Phi) is 6.70. The molecule has 2 aromatic heterocycles. The smallest absolute Gasteiger partial charge is 0.339 e. The Morgan fingerprint density at radius 1 is 1.19 bits per heavy atom. The molecule has 2 N–H and O–H groups in total. The van der Waals surface area contributed by atoms with Crippen molar-refractivity contribution in [2.24, 2.45) is 0 Å². The van der Waals surface area contributed by atoms with E-state index in [1.165, 1.54) is 16.7 Å². The SMILES string of the molecule is CC.N#Cc1cccc2nc(C(=O)Nc3csc(-c4ccc(Cl)cc4)c3C(=O)O)oc12. The van der Waals surface area contributed by atoms with E-state index in [2.05, 4.69) is 10.3 Å². The van der Waals surface area contributed by atoms with Gasteiger partial charge in [-0.15, -0.1) is 11.3 Å². The fourth-order valence-corrected chi connectivity index (χ4v) is 3.91. The third-order valence-electron chi connectivity index (χ3n) is 4.09. The normalized spacial score (nSPS) is 10.1. The van der Waals surface area contributed by atoms with Gasteiger partial charge in [-0.05, 0) is 29.8 Å². The molecule has 0 fully saturated rings. The van der Waals surface area contributed by atoms with Crippen LogP contribution >= 0.6 is 22.9 Å². The van der Waals surface area contributed by atoms with Crippen LogP contribution in [-0.4, -0.2) is 22.0 Å². The Labute approximate surface area is 186 Å². The number of carbonyl (C=O) groups is 2. The second-order valence-corrected chi connectivity index (χ2v) is 7.22. The summed E-state index contributed by atoms with van der Waals surface area (Å²) in [4.78, 5) is 29.0. The molecule has 4 aromatic rings. The van der Waals surface area contributed by atoms with Crippen molar-refractivity contribution in [3.05, 3.63) is 69.9 Å². The maximum atomic E-state index is 12.6. The first-order chi connectivity index (χ1) is 15.0. The highest BCUT2D eigenvalue weighted by Crippen LogP contribution is 2.36. The monoisotopic (exact) mass is 453 g/mol. The number of amides is 1. The molecule has 0 aliphatic carbocycles. The van der Waals surface area contributed by atoms with E-state index in [9.17, 15) is 14.7 Å². The fraction of sp³-hybridized carbons (Fsp3) is 0.0909. The Morgan fingerprint density at radius 3 is 2.55 bits per heavy atom.